The SMILES string of the molecule is CC(C)CCC(=O)NC1CCNCC1C. The predicted octanol–water partition coefficient (Wildman–Crippen LogP) is 1.54. The summed E-state index contributed by atoms with van der Waals surface area (Å²) in [7, 11) is 0. The van der Waals surface area contributed by atoms with Crippen molar-refractivity contribution < 1.29 is 4.79 Å². The molecule has 0 aromatic carbocycles. The summed E-state index contributed by atoms with van der Waals surface area (Å²) < 4.78 is 0. The van der Waals surface area contributed by atoms with E-state index in [0.29, 0.717) is 24.3 Å². The van der Waals surface area contributed by atoms with Crippen LogP contribution in [-0.2, 0) is 4.79 Å². The Hall–Kier alpha value is -0.570. The molecule has 0 aromatic rings. The summed E-state index contributed by atoms with van der Waals surface area (Å²) in [6.45, 7) is 8.55. The maximum Gasteiger partial charge on any atom is 0.220 e. The molecule has 2 N–H and O–H groups in total. The van der Waals surface area contributed by atoms with Crippen LogP contribution in [0.15, 0.2) is 0 Å². The second-order valence-corrected chi connectivity index (χ2v) is 5.08. The number of hydrogen-bond acceptors (Lipinski definition) is 2. The van der Waals surface area contributed by atoms with Gasteiger partial charge < -0.3 is 10.6 Å². The van der Waals surface area contributed by atoms with Crippen LogP contribution in [0.4, 0.5) is 0 Å². The highest BCUT2D eigenvalue weighted by Crippen LogP contribution is 2.11. The van der Waals surface area contributed by atoms with Crippen molar-refractivity contribution in [3.05, 3.63) is 0 Å². The molecule has 0 spiro atoms. The van der Waals surface area contributed by atoms with Gasteiger partial charge in [0.1, 0.15) is 0 Å². The van der Waals surface area contributed by atoms with Crippen LogP contribution in [0.1, 0.15) is 40.0 Å². The maximum atomic E-state index is 11.6. The smallest absolute Gasteiger partial charge is 0.220 e. The Morgan fingerprint density at radius 2 is 2.27 bits per heavy atom. The summed E-state index contributed by atoms with van der Waals surface area (Å²) >= 11 is 0. The highest BCUT2D eigenvalue weighted by atomic mass is 16.1. The van der Waals surface area contributed by atoms with Gasteiger partial charge in [0.25, 0.3) is 0 Å². The third-order valence-corrected chi connectivity index (χ3v) is 3.08. The zero-order valence-corrected chi connectivity index (χ0v) is 10.2. The Balaban J connectivity index is 2.24. The molecule has 0 aliphatic carbocycles. The lowest BCUT2D eigenvalue weighted by atomic mass is 9.95. The standard InChI is InChI=1S/C12H24N2O/c1-9(2)4-5-12(15)14-11-6-7-13-8-10(11)3/h9-11,13H,4-8H2,1-3H3,(H,14,15). The fraction of sp³-hybridized carbons (Fsp3) is 0.917. The largest absolute Gasteiger partial charge is 0.353 e. The van der Waals surface area contributed by atoms with Crippen LogP contribution in [-0.4, -0.2) is 25.0 Å². The van der Waals surface area contributed by atoms with Crippen LogP contribution < -0.4 is 10.6 Å². The lowest BCUT2D eigenvalue weighted by Gasteiger charge is -2.30. The summed E-state index contributed by atoms with van der Waals surface area (Å²) in [5.74, 6) is 1.39. The van der Waals surface area contributed by atoms with Crippen LogP contribution in [0.3, 0.4) is 0 Å². The van der Waals surface area contributed by atoms with E-state index in [4.69, 9.17) is 0 Å². The molecule has 1 rings (SSSR count). The molecule has 1 amide bonds. The van der Waals surface area contributed by atoms with E-state index in [-0.39, 0.29) is 5.91 Å². The normalized spacial score (nSPS) is 26.7. The Morgan fingerprint density at radius 3 is 2.87 bits per heavy atom. The van der Waals surface area contributed by atoms with Crippen LogP contribution in [0, 0.1) is 11.8 Å². The van der Waals surface area contributed by atoms with Crippen molar-refractivity contribution in [3.63, 3.8) is 0 Å². The molecule has 2 unspecified atom stereocenters. The predicted molar refractivity (Wildman–Crippen MR) is 62.7 cm³/mol. The Bertz CT molecular complexity index is 204. The van der Waals surface area contributed by atoms with Gasteiger partial charge in [-0.15, -0.1) is 0 Å². The summed E-state index contributed by atoms with van der Waals surface area (Å²) in [4.78, 5) is 11.6. The lowest BCUT2D eigenvalue weighted by Crippen LogP contribution is -2.48. The molecule has 0 aromatic heterocycles. The lowest BCUT2D eigenvalue weighted by molar-refractivity contribution is -0.122. The average molecular weight is 212 g/mol. The van der Waals surface area contributed by atoms with Crippen LogP contribution in [0.25, 0.3) is 0 Å². The fourth-order valence-electron chi connectivity index (χ4n) is 1.93. The quantitative estimate of drug-likeness (QED) is 0.742. The van der Waals surface area contributed by atoms with Crippen molar-refractivity contribution in [2.24, 2.45) is 11.8 Å². The molecule has 15 heavy (non-hydrogen) atoms. The molecular weight excluding hydrogens is 188 g/mol. The zero-order chi connectivity index (χ0) is 11.3. The monoisotopic (exact) mass is 212 g/mol. The maximum absolute atomic E-state index is 11.6. The van der Waals surface area contributed by atoms with Gasteiger partial charge in [0.15, 0.2) is 0 Å². The van der Waals surface area contributed by atoms with E-state index < -0.39 is 0 Å². The molecule has 1 fully saturated rings. The molecule has 0 bridgehead atoms. The van der Waals surface area contributed by atoms with Crippen LogP contribution in [0.2, 0.25) is 0 Å². The fourth-order valence-corrected chi connectivity index (χ4v) is 1.93. The number of piperidine rings is 1. The summed E-state index contributed by atoms with van der Waals surface area (Å²) in [6.07, 6.45) is 2.73. The van der Waals surface area contributed by atoms with Crippen molar-refractivity contribution in [1.82, 2.24) is 10.6 Å². The summed E-state index contributed by atoms with van der Waals surface area (Å²) in [6, 6.07) is 0.380. The molecule has 3 nitrogen and oxygen atoms in total. The average Bonchev–Trinajstić information content (AvgIpc) is 2.18. The molecule has 2 atom stereocenters. The molecule has 0 radical (unpaired) electrons. The minimum absolute atomic E-state index is 0.224. The number of nitrogens with one attached hydrogen (secondary N) is 2. The van der Waals surface area contributed by atoms with Gasteiger partial charge in [0.2, 0.25) is 5.91 Å². The van der Waals surface area contributed by atoms with Gasteiger partial charge in [-0.2, -0.15) is 0 Å². The minimum atomic E-state index is 0.224. The second-order valence-electron chi connectivity index (χ2n) is 5.08. The van der Waals surface area contributed by atoms with Gasteiger partial charge in [-0.1, -0.05) is 20.8 Å². The number of carbonyl (C=O) groups is 1. The molecule has 1 saturated heterocycles. The highest BCUT2D eigenvalue weighted by molar-refractivity contribution is 5.76. The first-order chi connectivity index (χ1) is 7.09. The second kappa shape index (κ2) is 6.11. The first-order valence-corrected chi connectivity index (χ1v) is 6.09. The highest BCUT2D eigenvalue weighted by Gasteiger charge is 2.22. The van der Waals surface area contributed by atoms with E-state index in [9.17, 15) is 4.79 Å². The van der Waals surface area contributed by atoms with E-state index in [1.807, 2.05) is 0 Å². The molecule has 1 heterocycles. The van der Waals surface area contributed by atoms with E-state index in [1.54, 1.807) is 0 Å². The molecule has 3 heteroatoms. The Kier molecular flexibility index (Phi) is 5.09. The van der Waals surface area contributed by atoms with Gasteiger partial charge in [-0.25, -0.2) is 0 Å². The van der Waals surface area contributed by atoms with Gasteiger partial charge in [-0.3, -0.25) is 4.79 Å². The summed E-state index contributed by atoms with van der Waals surface area (Å²) in [5.41, 5.74) is 0. The van der Waals surface area contributed by atoms with E-state index in [0.717, 1.165) is 25.9 Å². The molecular formula is C12H24N2O. The third kappa shape index (κ3) is 4.65. The van der Waals surface area contributed by atoms with E-state index in [1.165, 1.54) is 0 Å². The van der Waals surface area contributed by atoms with Crippen LogP contribution >= 0.6 is 0 Å². The van der Waals surface area contributed by atoms with Gasteiger partial charge in [-0.05, 0) is 37.8 Å². The number of carbonyl (C=O) groups excluding carboxylic acids is 1. The van der Waals surface area contributed by atoms with Crippen molar-refractivity contribution in [1.29, 1.82) is 0 Å². The molecule has 0 saturated carbocycles. The first-order valence-electron chi connectivity index (χ1n) is 6.09. The van der Waals surface area contributed by atoms with Gasteiger partial charge in [0, 0.05) is 12.5 Å². The third-order valence-electron chi connectivity index (χ3n) is 3.08. The van der Waals surface area contributed by atoms with Crippen molar-refractivity contribution in [2.45, 2.75) is 46.1 Å². The number of amides is 1. The zero-order valence-electron chi connectivity index (χ0n) is 10.2. The minimum Gasteiger partial charge on any atom is -0.353 e. The van der Waals surface area contributed by atoms with Crippen molar-refractivity contribution in [2.75, 3.05) is 13.1 Å². The van der Waals surface area contributed by atoms with Crippen LogP contribution in [0.5, 0.6) is 0 Å². The first kappa shape index (κ1) is 12.5. The molecule has 88 valence electrons. The number of hydrogen-bond donors (Lipinski definition) is 2. The topological polar surface area (TPSA) is 41.1 Å². The van der Waals surface area contributed by atoms with Gasteiger partial charge in [0.05, 0.1) is 0 Å². The van der Waals surface area contributed by atoms with Gasteiger partial charge >= 0.3 is 0 Å². The Morgan fingerprint density at radius 1 is 1.53 bits per heavy atom. The van der Waals surface area contributed by atoms with Crippen molar-refractivity contribution in [3.8, 4) is 0 Å². The Labute approximate surface area is 93.0 Å². The van der Waals surface area contributed by atoms with E-state index >= 15 is 0 Å². The molecule has 1 aliphatic rings. The van der Waals surface area contributed by atoms with E-state index in [2.05, 4.69) is 31.4 Å². The summed E-state index contributed by atoms with van der Waals surface area (Å²) in [5, 5.41) is 6.48. The number of rotatable bonds is 4. The molecule has 1 aliphatic heterocycles. The van der Waals surface area contributed by atoms with Crippen molar-refractivity contribution >= 4 is 5.91 Å².